The molecule has 1 aromatic rings. The highest BCUT2D eigenvalue weighted by Gasteiger charge is 2.00. The van der Waals surface area contributed by atoms with Gasteiger partial charge in [0.25, 0.3) is 0 Å². The van der Waals surface area contributed by atoms with Gasteiger partial charge in [0.1, 0.15) is 0 Å². The highest BCUT2D eigenvalue weighted by molar-refractivity contribution is 6.02. The molecule has 0 aromatic heterocycles. The van der Waals surface area contributed by atoms with E-state index >= 15 is 0 Å². The number of nitrogens with one attached hydrogen (secondary N) is 1. The molecule has 0 aliphatic rings. The summed E-state index contributed by atoms with van der Waals surface area (Å²) in [7, 11) is 0. The van der Waals surface area contributed by atoms with Gasteiger partial charge in [0, 0.05) is 17.8 Å². The summed E-state index contributed by atoms with van der Waals surface area (Å²) in [5, 5.41) is 10.9. The number of aryl methyl sites for hydroxylation is 2. The number of benzene rings is 1. The molecule has 0 radical (unpaired) electrons. The van der Waals surface area contributed by atoms with Crippen LogP contribution in [0.1, 0.15) is 11.1 Å². The quantitative estimate of drug-likeness (QED) is 0.763. The lowest BCUT2D eigenvalue weighted by Gasteiger charge is -2.04. The van der Waals surface area contributed by atoms with Crippen LogP contribution in [0.5, 0.6) is 0 Å². The van der Waals surface area contributed by atoms with Crippen molar-refractivity contribution in [1.29, 1.82) is 0 Å². The summed E-state index contributed by atoms with van der Waals surface area (Å²) in [4.78, 5) is 21.5. The van der Waals surface area contributed by atoms with Crippen molar-refractivity contribution in [1.82, 2.24) is 0 Å². The maximum absolute atomic E-state index is 11.3. The summed E-state index contributed by atoms with van der Waals surface area (Å²) >= 11 is 0. The average Bonchev–Trinajstić information content (AvgIpc) is 2.12. The van der Waals surface area contributed by atoms with Crippen LogP contribution in [0.15, 0.2) is 30.4 Å². The van der Waals surface area contributed by atoms with Gasteiger partial charge in [-0.3, -0.25) is 4.79 Å². The van der Waals surface area contributed by atoms with E-state index in [9.17, 15) is 9.59 Å². The van der Waals surface area contributed by atoms with E-state index in [1.54, 1.807) is 0 Å². The topological polar surface area (TPSA) is 66.4 Å². The van der Waals surface area contributed by atoms with Crippen molar-refractivity contribution in [3.8, 4) is 0 Å². The summed E-state index contributed by atoms with van der Waals surface area (Å²) in [6.07, 6.45) is 1.79. The Bertz CT molecular complexity index is 429. The lowest BCUT2D eigenvalue weighted by atomic mass is 10.1. The fraction of sp³-hybridized carbons (Fsp3) is 0.167. The van der Waals surface area contributed by atoms with Crippen LogP contribution in [0.25, 0.3) is 0 Å². The number of carboxylic acids is 1. The van der Waals surface area contributed by atoms with Gasteiger partial charge in [0.2, 0.25) is 5.91 Å². The molecule has 2 N–H and O–H groups in total. The number of aliphatic carboxylic acids is 1. The normalized spacial score (nSPS) is 10.4. The molecule has 0 bridgehead atoms. The van der Waals surface area contributed by atoms with Gasteiger partial charge in [-0.25, -0.2) is 4.79 Å². The molecule has 1 rings (SSSR count). The number of hydrogen-bond donors (Lipinski definition) is 2. The summed E-state index contributed by atoms with van der Waals surface area (Å²) in [6.45, 7) is 3.85. The van der Waals surface area contributed by atoms with Gasteiger partial charge >= 0.3 is 5.97 Å². The fourth-order valence-corrected chi connectivity index (χ4v) is 1.38. The van der Waals surface area contributed by atoms with E-state index in [0.29, 0.717) is 5.69 Å². The number of hydrogen-bond acceptors (Lipinski definition) is 2. The molecule has 0 aliphatic heterocycles. The molecular formula is C12H13NO3. The van der Waals surface area contributed by atoms with Crippen LogP contribution >= 0.6 is 0 Å². The first-order chi connectivity index (χ1) is 7.47. The van der Waals surface area contributed by atoms with Crippen LogP contribution < -0.4 is 5.32 Å². The molecule has 1 aromatic carbocycles. The fourth-order valence-electron chi connectivity index (χ4n) is 1.38. The monoisotopic (exact) mass is 219 g/mol. The molecule has 4 heteroatoms. The van der Waals surface area contributed by atoms with Gasteiger partial charge in [0.05, 0.1) is 0 Å². The molecule has 0 unspecified atom stereocenters. The molecule has 0 spiro atoms. The maximum Gasteiger partial charge on any atom is 0.328 e. The first kappa shape index (κ1) is 12.0. The Morgan fingerprint density at radius 1 is 1.12 bits per heavy atom. The molecule has 0 fully saturated rings. The van der Waals surface area contributed by atoms with Gasteiger partial charge in [-0.1, -0.05) is 6.07 Å². The van der Waals surface area contributed by atoms with E-state index in [1.165, 1.54) is 0 Å². The van der Waals surface area contributed by atoms with Crippen molar-refractivity contribution in [2.75, 3.05) is 5.32 Å². The van der Waals surface area contributed by atoms with Gasteiger partial charge in [-0.05, 0) is 37.1 Å². The highest BCUT2D eigenvalue weighted by Crippen LogP contribution is 2.13. The minimum Gasteiger partial charge on any atom is -0.478 e. The third-order valence-corrected chi connectivity index (χ3v) is 1.87. The number of rotatable bonds is 3. The third kappa shape index (κ3) is 3.96. The van der Waals surface area contributed by atoms with E-state index < -0.39 is 11.9 Å². The summed E-state index contributed by atoms with van der Waals surface area (Å²) in [5.41, 5.74) is 2.74. The molecule has 4 nitrogen and oxygen atoms in total. The molecule has 84 valence electrons. The molecule has 1 amide bonds. The summed E-state index contributed by atoms with van der Waals surface area (Å²) in [5.74, 6) is -1.59. The lowest BCUT2D eigenvalue weighted by Crippen LogP contribution is -2.08. The molecule has 0 atom stereocenters. The van der Waals surface area contributed by atoms with E-state index in [0.717, 1.165) is 23.3 Å². The Morgan fingerprint density at radius 2 is 1.69 bits per heavy atom. The van der Waals surface area contributed by atoms with Gasteiger partial charge in [0.15, 0.2) is 0 Å². The maximum atomic E-state index is 11.3. The van der Waals surface area contributed by atoms with Crippen LogP contribution in [-0.4, -0.2) is 17.0 Å². The number of carbonyl (C=O) groups is 2. The molecule has 0 saturated heterocycles. The van der Waals surface area contributed by atoms with Crippen LogP contribution in [-0.2, 0) is 9.59 Å². The molecule has 16 heavy (non-hydrogen) atoms. The van der Waals surface area contributed by atoms with Crippen LogP contribution in [0, 0.1) is 13.8 Å². The zero-order valence-corrected chi connectivity index (χ0v) is 9.15. The zero-order valence-electron chi connectivity index (χ0n) is 9.15. The second kappa shape index (κ2) is 5.11. The zero-order chi connectivity index (χ0) is 12.1. The predicted molar refractivity (Wildman–Crippen MR) is 61.3 cm³/mol. The minimum atomic E-state index is -1.14. The predicted octanol–water partition coefficient (Wildman–Crippen LogP) is 1.88. The Hall–Kier alpha value is -2.10. The van der Waals surface area contributed by atoms with Crippen molar-refractivity contribution in [3.63, 3.8) is 0 Å². The first-order valence-electron chi connectivity index (χ1n) is 4.77. The van der Waals surface area contributed by atoms with Crippen LogP contribution in [0.4, 0.5) is 5.69 Å². The lowest BCUT2D eigenvalue weighted by molar-refractivity contribution is -0.131. The van der Waals surface area contributed by atoms with E-state index in [-0.39, 0.29) is 0 Å². The Labute approximate surface area is 93.6 Å². The van der Waals surface area contributed by atoms with E-state index in [1.807, 2.05) is 32.0 Å². The Balaban J connectivity index is 2.73. The van der Waals surface area contributed by atoms with Gasteiger partial charge < -0.3 is 10.4 Å². The average molecular weight is 219 g/mol. The standard InChI is InChI=1S/C12H13NO3/c1-8-5-9(2)7-10(6-8)13-11(14)3-4-12(15)16/h3-7H,1-2H3,(H,13,14)(H,15,16)/b4-3+. The minimum absolute atomic E-state index is 0.451. The SMILES string of the molecule is Cc1cc(C)cc(NC(=O)/C=C/C(=O)O)c1. The number of carboxylic acid groups (broad SMARTS) is 1. The number of carbonyl (C=O) groups excluding carboxylic acids is 1. The third-order valence-electron chi connectivity index (χ3n) is 1.87. The highest BCUT2D eigenvalue weighted by atomic mass is 16.4. The molecule has 0 aliphatic carbocycles. The number of amides is 1. The largest absolute Gasteiger partial charge is 0.478 e. The smallest absolute Gasteiger partial charge is 0.328 e. The van der Waals surface area contributed by atoms with Gasteiger partial charge in [-0.15, -0.1) is 0 Å². The van der Waals surface area contributed by atoms with Crippen molar-refractivity contribution in [2.45, 2.75) is 13.8 Å². The van der Waals surface area contributed by atoms with Crippen LogP contribution in [0.3, 0.4) is 0 Å². The second-order valence-corrected chi connectivity index (χ2v) is 3.54. The molecule has 0 heterocycles. The Morgan fingerprint density at radius 3 is 2.19 bits per heavy atom. The van der Waals surface area contributed by atoms with Crippen molar-refractivity contribution in [2.24, 2.45) is 0 Å². The van der Waals surface area contributed by atoms with Crippen LogP contribution in [0.2, 0.25) is 0 Å². The summed E-state index contributed by atoms with van der Waals surface area (Å²) < 4.78 is 0. The van der Waals surface area contributed by atoms with Crippen molar-refractivity contribution < 1.29 is 14.7 Å². The van der Waals surface area contributed by atoms with Gasteiger partial charge in [-0.2, -0.15) is 0 Å². The van der Waals surface area contributed by atoms with E-state index in [4.69, 9.17) is 5.11 Å². The molecule has 0 saturated carbocycles. The van der Waals surface area contributed by atoms with E-state index in [2.05, 4.69) is 5.32 Å². The summed E-state index contributed by atoms with van der Waals surface area (Å²) in [6, 6.07) is 5.63. The second-order valence-electron chi connectivity index (χ2n) is 3.54. The first-order valence-corrected chi connectivity index (χ1v) is 4.77. The Kier molecular flexibility index (Phi) is 3.83. The van der Waals surface area contributed by atoms with Crippen molar-refractivity contribution >= 4 is 17.6 Å². The molecular weight excluding hydrogens is 206 g/mol. The number of anilines is 1. The van der Waals surface area contributed by atoms with Crippen molar-refractivity contribution in [3.05, 3.63) is 41.5 Å².